The zero-order valence-electron chi connectivity index (χ0n) is 19.6. The zero-order valence-corrected chi connectivity index (χ0v) is 20.4. The van der Waals surface area contributed by atoms with Crippen molar-refractivity contribution in [3.05, 3.63) is 58.4 Å². The van der Waals surface area contributed by atoms with Crippen molar-refractivity contribution in [1.29, 1.82) is 0 Å². The van der Waals surface area contributed by atoms with Gasteiger partial charge in [-0.3, -0.25) is 9.69 Å². The molecule has 0 radical (unpaired) electrons. The van der Waals surface area contributed by atoms with Crippen LogP contribution in [-0.2, 0) is 21.3 Å². The maximum absolute atomic E-state index is 13.0. The molecule has 7 heteroatoms. The Kier molecular flexibility index (Phi) is 6.79. The molecule has 0 atom stereocenters. The number of benzene rings is 1. The van der Waals surface area contributed by atoms with Gasteiger partial charge in [-0.15, -0.1) is 0 Å². The molecule has 6 nitrogen and oxygen atoms in total. The first kappa shape index (κ1) is 23.7. The molecule has 2 aromatic rings. The maximum Gasteiger partial charge on any atom is 0.218 e. The highest BCUT2D eigenvalue weighted by molar-refractivity contribution is 7.88. The van der Waals surface area contributed by atoms with Gasteiger partial charge in [0.25, 0.3) is 0 Å². The fourth-order valence-corrected chi connectivity index (χ4v) is 6.21. The summed E-state index contributed by atoms with van der Waals surface area (Å²) < 4.78 is 29.5. The molecule has 0 N–H and O–H groups in total. The molecular formula is C24H35N3O3S. The van der Waals surface area contributed by atoms with E-state index >= 15 is 0 Å². The third-order valence-electron chi connectivity index (χ3n) is 6.09. The fraction of sp³-hybridized carbons (Fsp3) is 0.542. The van der Waals surface area contributed by atoms with Crippen LogP contribution in [0.3, 0.4) is 0 Å². The third kappa shape index (κ3) is 5.27. The largest absolute Gasteiger partial charge is 0.343 e. The molecule has 1 aromatic carbocycles. The second-order valence-corrected chi connectivity index (χ2v) is 11.5. The van der Waals surface area contributed by atoms with Gasteiger partial charge in [-0.2, -0.15) is 4.31 Å². The summed E-state index contributed by atoms with van der Waals surface area (Å²) in [4.78, 5) is 15.1. The summed E-state index contributed by atoms with van der Waals surface area (Å²) in [5.74, 6) is 0.122. The van der Waals surface area contributed by atoms with Crippen molar-refractivity contribution in [3.8, 4) is 0 Å². The Balaban J connectivity index is 1.62. The number of aromatic nitrogens is 1. The number of carbonyl (C=O) groups is 1. The minimum Gasteiger partial charge on any atom is -0.343 e. The van der Waals surface area contributed by atoms with Crippen LogP contribution in [0.5, 0.6) is 0 Å². The standard InChI is InChI=1S/C24H35N3O3S/c1-18-9-7-8-10-21(18)17-31(29,30)26-13-11-25(12-14-26)16-23(28)22-15-19(2)27(20(22)3)24(4,5)6/h7-10,15H,11-14,16-17H2,1-6H3. The molecule has 3 rings (SSSR count). The van der Waals surface area contributed by atoms with E-state index in [1.807, 2.05) is 51.1 Å². The van der Waals surface area contributed by atoms with Crippen LogP contribution in [0.2, 0.25) is 0 Å². The molecule has 1 fully saturated rings. The van der Waals surface area contributed by atoms with Gasteiger partial charge in [-0.25, -0.2) is 8.42 Å². The number of nitrogens with zero attached hydrogens (tertiary/aromatic N) is 3. The normalized spacial score (nSPS) is 16.6. The molecule has 1 saturated heterocycles. The molecule has 0 aliphatic carbocycles. The van der Waals surface area contributed by atoms with Crippen LogP contribution in [0.25, 0.3) is 0 Å². The third-order valence-corrected chi connectivity index (χ3v) is 7.92. The van der Waals surface area contributed by atoms with Gasteiger partial charge >= 0.3 is 0 Å². The molecule has 0 saturated carbocycles. The van der Waals surface area contributed by atoms with Crippen molar-refractivity contribution in [2.75, 3.05) is 32.7 Å². The second-order valence-electron chi connectivity index (χ2n) is 9.57. The van der Waals surface area contributed by atoms with Crippen molar-refractivity contribution in [2.24, 2.45) is 0 Å². The summed E-state index contributed by atoms with van der Waals surface area (Å²) >= 11 is 0. The molecule has 0 spiro atoms. The van der Waals surface area contributed by atoms with E-state index in [9.17, 15) is 13.2 Å². The highest BCUT2D eigenvalue weighted by Crippen LogP contribution is 2.25. The van der Waals surface area contributed by atoms with E-state index in [2.05, 4.69) is 30.2 Å². The maximum atomic E-state index is 13.0. The molecule has 0 unspecified atom stereocenters. The molecular weight excluding hydrogens is 410 g/mol. The van der Waals surface area contributed by atoms with Crippen LogP contribution in [0, 0.1) is 20.8 Å². The Bertz CT molecular complexity index is 1060. The Hall–Kier alpha value is -1.96. The van der Waals surface area contributed by atoms with E-state index in [-0.39, 0.29) is 17.1 Å². The lowest BCUT2D eigenvalue weighted by atomic mass is 10.1. The quantitative estimate of drug-likeness (QED) is 0.639. The minimum absolute atomic E-state index is 0.0252. The number of piperazine rings is 1. The average molecular weight is 446 g/mol. The summed E-state index contributed by atoms with van der Waals surface area (Å²) in [6, 6.07) is 9.57. The highest BCUT2D eigenvalue weighted by Gasteiger charge is 2.29. The lowest BCUT2D eigenvalue weighted by Crippen LogP contribution is -2.50. The number of ketones is 1. The summed E-state index contributed by atoms with van der Waals surface area (Å²) in [6.45, 7) is 14.7. The number of sulfonamides is 1. The lowest BCUT2D eigenvalue weighted by molar-refractivity contribution is 0.0901. The molecule has 2 heterocycles. The van der Waals surface area contributed by atoms with Gasteiger partial charge in [0, 0.05) is 48.7 Å². The Morgan fingerprint density at radius 2 is 1.61 bits per heavy atom. The number of carbonyl (C=O) groups excluding carboxylic acids is 1. The zero-order chi connectivity index (χ0) is 23.0. The minimum atomic E-state index is -3.37. The van der Waals surface area contributed by atoms with Gasteiger partial charge in [0.1, 0.15) is 0 Å². The van der Waals surface area contributed by atoms with Gasteiger partial charge in [0.05, 0.1) is 12.3 Å². The molecule has 31 heavy (non-hydrogen) atoms. The first-order valence-corrected chi connectivity index (χ1v) is 12.5. The van der Waals surface area contributed by atoms with E-state index in [0.29, 0.717) is 32.7 Å². The van der Waals surface area contributed by atoms with Crippen LogP contribution in [-0.4, -0.2) is 60.7 Å². The fourth-order valence-electron chi connectivity index (χ4n) is 4.59. The summed E-state index contributed by atoms with van der Waals surface area (Å²) in [7, 11) is -3.37. The SMILES string of the molecule is Cc1ccccc1CS(=O)(=O)N1CCN(CC(=O)c2cc(C)n(C(C)(C)C)c2C)CC1. The van der Waals surface area contributed by atoms with Crippen molar-refractivity contribution < 1.29 is 13.2 Å². The molecule has 1 aliphatic rings. The van der Waals surface area contributed by atoms with Crippen molar-refractivity contribution in [3.63, 3.8) is 0 Å². The van der Waals surface area contributed by atoms with Crippen LogP contribution < -0.4 is 0 Å². The summed E-state index contributed by atoms with van der Waals surface area (Å²) in [5.41, 5.74) is 4.60. The van der Waals surface area contributed by atoms with Crippen molar-refractivity contribution in [1.82, 2.24) is 13.8 Å². The van der Waals surface area contributed by atoms with Gasteiger partial charge in [0.15, 0.2) is 5.78 Å². The van der Waals surface area contributed by atoms with Gasteiger partial charge in [0.2, 0.25) is 10.0 Å². The first-order valence-electron chi connectivity index (χ1n) is 10.9. The van der Waals surface area contributed by atoms with Crippen LogP contribution in [0.1, 0.15) is 53.6 Å². The summed E-state index contributed by atoms with van der Waals surface area (Å²) in [6.07, 6.45) is 0. The topological polar surface area (TPSA) is 62.6 Å². The molecule has 1 aliphatic heterocycles. The summed E-state index contributed by atoms with van der Waals surface area (Å²) in [5, 5.41) is 0. The van der Waals surface area contributed by atoms with E-state index in [1.54, 1.807) is 4.31 Å². The van der Waals surface area contributed by atoms with Crippen LogP contribution >= 0.6 is 0 Å². The van der Waals surface area contributed by atoms with Crippen molar-refractivity contribution in [2.45, 2.75) is 52.8 Å². The van der Waals surface area contributed by atoms with E-state index in [0.717, 1.165) is 28.1 Å². The molecule has 0 bridgehead atoms. The number of aryl methyl sites for hydroxylation is 2. The van der Waals surface area contributed by atoms with E-state index < -0.39 is 10.0 Å². The lowest BCUT2D eigenvalue weighted by Gasteiger charge is -2.33. The Labute approximate surface area is 186 Å². The number of rotatable bonds is 6. The Morgan fingerprint density at radius 1 is 1.00 bits per heavy atom. The molecule has 1 aromatic heterocycles. The number of Topliss-reactive ketones (excluding diaryl/α,β-unsaturated/α-hetero) is 1. The van der Waals surface area contributed by atoms with E-state index in [1.165, 1.54) is 0 Å². The van der Waals surface area contributed by atoms with Crippen LogP contribution in [0.4, 0.5) is 0 Å². The van der Waals surface area contributed by atoms with Crippen molar-refractivity contribution >= 4 is 15.8 Å². The second kappa shape index (κ2) is 8.88. The predicted molar refractivity (Wildman–Crippen MR) is 125 cm³/mol. The first-order chi connectivity index (χ1) is 14.4. The molecule has 170 valence electrons. The highest BCUT2D eigenvalue weighted by atomic mass is 32.2. The molecule has 0 amide bonds. The average Bonchev–Trinajstić information content (AvgIpc) is 2.98. The predicted octanol–water partition coefficient (Wildman–Crippen LogP) is 3.50. The number of hydrogen-bond acceptors (Lipinski definition) is 4. The van der Waals surface area contributed by atoms with Gasteiger partial charge in [-0.05, 0) is 58.7 Å². The smallest absolute Gasteiger partial charge is 0.218 e. The van der Waals surface area contributed by atoms with Crippen LogP contribution in [0.15, 0.2) is 30.3 Å². The number of hydrogen-bond donors (Lipinski definition) is 0. The van der Waals surface area contributed by atoms with Gasteiger partial charge in [-0.1, -0.05) is 24.3 Å². The monoisotopic (exact) mass is 445 g/mol. The van der Waals surface area contributed by atoms with Gasteiger partial charge < -0.3 is 4.57 Å². The Morgan fingerprint density at radius 3 is 2.16 bits per heavy atom. The van der Waals surface area contributed by atoms with E-state index in [4.69, 9.17) is 0 Å².